The zero-order chi connectivity index (χ0) is 3.70. The molecule has 0 saturated carbocycles. The van der Waals surface area contributed by atoms with E-state index in [1.165, 1.54) is 0 Å². The lowest BCUT2D eigenvalue weighted by atomic mass is 10.8. The highest BCUT2D eigenvalue weighted by atomic mass is 16.8. The maximum Gasteiger partial charge on any atom is 0.197 e. The third-order valence-electron chi connectivity index (χ3n) is 0.566. The number of hydrogen-bond acceptors (Lipinski definition) is 2. The highest BCUT2D eigenvalue weighted by Gasteiger charge is 2.15. The molecule has 1 aliphatic rings. The molecule has 0 aromatic carbocycles. The van der Waals surface area contributed by atoms with E-state index >= 15 is 0 Å². The van der Waals surface area contributed by atoms with Gasteiger partial charge in [0.2, 0.25) is 0 Å². The van der Waals surface area contributed by atoms with Crippen LogP contribution >= 0.6 is 0 Å². The van der Waals surface area contributed by atoms with Crippen molar-refractivity contribution >= 4 is 0 Å². The summed E-state index contributed by atoms with van der Waals surface area (Å²) in [4.78, 5) is 4.57. The Morgan fingerprint density at radius 2 is 2.60 bits per heavy atom. The van der Waals surface area contributed by atoms with Gasteiger partial charge < -0.3 is 0 Å². The van der Waals surface area contributed by atoms with Gasteiger partial charge in [0, 0.05) is 6.54 Å². The topological polar surface area (TPSA) is 15.5 Å². The van der Waals surface area contributed by atoms with Crippen LogP contribution in [0.1, 0.15) is 6.92 Å². The predicted molar refractivity (Wildman–Crippen MR) is 17.8 cm³/mol. The number of nitrogens with zero attached hydrogens (tertiary/aromatic N) is 1. The van der Waals surface area contributed by atoms with Gasteiger partial charge in [0.25, 0.3) is 0 Å². The van der Waals surface area contributed by atoms with Crippen molar-refractivity contribution in [2.75, 3.05) is 6.54 Å². The van der Waals surface area contributed by atoms with E-state index in [9.17, 15) is 0 Å². The summed E-state index contributed by atoms with van der Waals surface area (Å²) in [7, 11) is 0. The normalized spacial score (nSPS) is 34.2. The van der Waals surface area contributed by atoms with Crippen molar-refractivity contribution in [3.63, 3.8) is 0 Å². The van der Waals surface area contributed by atoms with Crippen LogP contribution in [0.2, 0.25) is 0 Å². The molecule has 1 rings (SSSR count). The molecule has 1 atom stereocenters. The molecule has 1 aliphatic heterocycles. The number of rotatable bonds is 1. The van der Waals surface area contributed by atoms with Gasteiger partial charge in [0.15, 0.2) is 6.73 Å². The first-order chi connectivity index (χ1) is 2.43. The van der Waals surface area contributed by atoms with Crippen LogP contribution in [0.15, 0.2) is 0 Å². The molecule has 0 aliphatic carbocycles. The predicted octanol–water partition coefficient (Wildman–Crippen LogP) is 0.373. The summed E-state index contributed by atoms with van der Waals surface area (Å²) in [5.41, 5.74) is 0. The van der Waals surface area contributed by atoms with E-state index < -0.39 is 0 Å². The minimum absolute atomic E-state index is 0.972. The average Bonchev–Trinajstić information content (AvgIpc) is 2.12. The van der Waals surface area contributed by atoms with E-state index in [-0.39, 0.29) is 0 Å². The third kappa shape index (κ3) is 0.597. The van der Waals surface area contributed by atoms with E-state index in [1.807, 2.05) is 6.92 Å². The number of hydroxylamine groups is 2. The largest absolute Gasteiger partial charge is 0.271 e. The fourth-order valence-electron chi connectivity index (χ4n) is 0.182. The lowest BCUT2D eigenvalue weighted by molar-refractivity contribution is 0.211. The van der Waals surface area contributed by atoms with Crippen molar-refractivity contribution in [1.82, 2.24) is 5.06 Å². The first kappa shape index (κ1) is 3.12. The first-order valence-corrected chi connectivity index (χ1v) is 1.70. The zero-order valence-corrected chi connectivity index (χ0v) is 3.14. The Hall–Kier alpha value is -0.0800. The van der Waals surface area contributed by atoms with Gasteiger partial charge in [0.05, 0.1) is 0 Å². The first-order valence-electron chi connectivity index (χ1n) is 1.70. The van der Waals surface area contributed by atoms with E-state index in [1.54, 1.807) is 11.8 Å². The molecule has 0 spiro atoms. The Morgan fingerprint density at radius 3 is 2.60 bits per heavy atom. The summed E-state index contributed by atoms with van der Waals surface area (Å²) < 4.78 is 0. The van der Waals surface area contributed by atoms with Crippen molar-refractivity contribution in [2.24, 2.45) is 0 Å². The summed E-state index contributed by atoms with van der Waals surface area (Å²) in [6.45, 7) is 4.68. The number of hydrogen-bond donors (Lipinski definition) is 0. The fourth-order valence-corrected chi connectivity index (χ4v) is 0.182. The summed E-state index contributed by atoms with van der Waals surface area (Å²) in [6, 6.07) is 0. The van der Waals surface area contributed by atoms with E-state index in [0.29, 0.717) is 0 Å². The molecular formula is C3H6NO. The van der Waals surface area contributed by atoms with Crippen LogP contribution in [0.3, 0.4) is 0 Å². The molecule has 1 saturated heterocycles. The van der Waals surface area contributed by atoms with Gasteiger partial charge in [-0.05, 0) is 6.92 Å². The van der Waals surface area contributed by atoms with Gasteiger partial charge >= 0.3 is 0 Å². The average molecular weight is 72.1 g/mol. The minimum atomic E-state index is 0.972. The second-order valence-corrected chi connectivity index (χ2v) is 0.944. The van der Waals surface area contributed by atoms with Crippen molar-refractivity contribution < 1.29 is 4.84 Å². The van der Waals surface area contributed by atoms with Crippen LogP contribution in [-0.4, -0.2) is 11.6 Å². The van der Waals surface area contributed by atoms with E-state index in [4.69, 9.17) is 0 Å². The molecule has 2 nitrogen and oxygen atoms in total. The molecule has 29 valence electrons. The van der Waals surface area contributed by atoms with Gasteiger partial charge in [-0.3, -0.25) is 4.84 Å². The summed E-state index contributed by atoms with van der Waals surface area (Å²) >= 11 is 0. The molecule has 0 bridgehead atoms. The SMILES string of the molecule is CCN1[CH]O1. The van der Waals surface area contributed by atoms with Gasteiger partial charge in [-0.1, -0.05) is 0 Å². The molecule has 1 radical (unpaired) electrons. The maximum atomic E-state index is 4.57. The van der Waals surface area contributed by atoms with Crippen molar-refractivity contribution in [2.45, 2.75) is 6.92 Å². The van der Waals surface area contributed by atoms with Gasteiger partial charge in [-0.15, -0.1) is 0 Å². The summed E-state index contributed by atoms with van der Waals surface area (Å²) in [5, 5.41) is 1.75. The third-order valence-corrected chi connectivity index (χ3v) is 0.566. The quantitative estimate of drug-likeness (QED) is 0.416. The van der Waals surface area contributed by atoms with Crippen LogP contribution in [0.4, 0.5) is 0 Å². The second kappa shape index (κ2) is 0.954. The molecule has 1 fully saturated rings. The second-order valence-electron chi connectivity index (χ2n) is 0.944. The Labute approximate surface area is 31.3 Å². The molecule has 0 aromatic rings. The Balaban J connectivity index is 2.00. The van der Waals surface area contributed by atoms with Crippen LogP contribution in [-0.2, 0) is 4.84 Å². The summed E-state index contributed by atoms with van der Waals surface area (Å²) in [6.07, 6.45) is 0. The molecule has 0 aromatic heterocycles. The molecule has 0 amide bonds. The van der Waals surface area contributed by atoms with Crippen LogP contribution in [0.25, 0.3) is 0 Å². The zero-order valence-electron chi connectivity index (χ0n) is 3.14. The lowest BCUT2D eigenvalue weighted by Gasteiger charge is -1.75. The molecule has 2 heteroatoms. The molecule has 1 heterocycles. The van der Waals surface area contributed by atoms with Gasteiger partial charge in [-0.2, -0.15) is 5.06 Å². The van der Waals surface area contributed by atoms with E-state index in [2.05, 4.69) is 4.84 Å². The smallest absolute Gasteiger partial charge is 0.197 e. The molecule has 0 N–H and O–H groups in total. The van der Waals surface area contributed by atoms with Crippen molar-refractivity contribution in [3.05, 3.63) is 6.73 Å². The summed E-state index contributed by atoms with van der Waals surface area (Å²) in [5.74, 6) is 0. The maximum absolute atomic E-state index is 4.57. The Morgan fingerprint density at radius 1 is 2.00 bits per heavy atom. The molecule has 5 heavy (non-hydrogen) atoms. The molecular weight excluding hydrogens is 66.0 g/mol. The minimum Gasteiger partial charge on any atom is -0.271 e. The van der Waals surface area contributed by atoms with Crippen molar-refractivity contribution in [1.29, 1.82) is 0 Å². The monoisotopic (exact) mass is 72.0 g/mol. The Bertz CT molecular complexity index is 33.9. The van der Waals surface area contributed by atoms with Crippen molar-refractivity contribution in [3.8, 4) is 0 Å². The van der Waals surface area contributed by atoms with Crippen LogP contribution < -0.4 is 0 Å². The lowest BCUT2D eigenvalue weighted by Crippen LogP contribution is -1.87. The Kier molecular flexibility index (Phi) is 0.596. The van der Waals surface area contributed by atoms with Crippen LogP contribution in [0, 0.1) is 6.73 Å². The van der Waals surface area contributed by atoms with Gasteiger partial charge in [0.1, 0.15) is 0 Å². The molecule has 1 unspecified atom stereocenters. The van der Waals surface area contributed by atoms with Crippen LogP contribution in [0.5, 0.6) is 0 Å². The highest BCUT2D eigenvalue weighted by Crippen LogP contribution is 2.09. The van der Waals surface area contributed by atoms with Gasteiger partial charge in [-0.25, -0.2) is 0 Å². The highest BCUT2D eigenvalue weighted by molar-refractivity contribution is 4.54. The fraction of sp³-hybridized carbons (Fsp3) is 0.667. The van der Waals surface area contributed by atoms with E-state index in [0.717, 1.165) is 6.54 Å². The standard InChI is InChI=1S/C3H6NO/c1-2-4-3-5-4/h3H,2H2,1H3.